The van der Waals surface area contributed by atoms with Crippen LogP contribution in [0.5, 0.6) is 5.75 Å². The Kier molecular flexibility index (Phi) is 5.69. The quantitative estimate of drug-likeness (QED) is 0.718. The SMILES string of the molecule is O=C1COC(=O)N1CCCOc1cccc(CN2CCCCC2)c1. The number of hydrogen-bond donors (Lipinski definition) is 0. The zero-order chi connectivity index (χ0) is 16.8. The third-order valence-electron chi connectivity index (χ3n) is 4.39. The summed E-state index contributed by atoms with van der Waals surface area (Å²) in [5, 5.41) is 0. The molecule has 0 atom stereocenters. The van der Waals surface area contributed by atoms with Crippen molar-refractivity contribution in [1.82, 2.24) is 9.80 Å². The number of carbonyl (C=O) groups excluding carboxylic acids is 2. The Labute approximate surface area is 142 Å². The summed E-state index contributed by atoms with van der Waals surface area (Å²) in [5.41, 5.74) is 1.26. The van der Waals surface area contributed by atoms with Gasteiger partial charge in [-0.1, -0.05) is 18.6 Å². The van der Waals surface area contributed by atoms with Crippen molar-refractivity contribution in [2.75, 3.05) is 32.8 Å². The van der Waals surface area contributed by atoms with E-state index in [0.717, 1.165) is 17.2 Å². The first-order chi connectivity index (χ1) is 11.7. The van der Waals surface area contributed by atoms with Crippen molar-refractivity contribution in [3.8, 4) is 5.75 Å². The van der Waals surface area contributed by atoms with Crippen LogP contribution in [0, 0.1) is 0 Å². The van der Waals surface area contributed by atoms with Gasteiger partial charge in [-0.25, -0.2) is 9.69 Å². The van der Waals surface area contributed by atoms with Crippen molar-refractivity contribution in [2.24, 2.45) is 0 Å². The second-order valence-corrected chi connectivity index (χ2v) is 6.29. The maximum atomic E-state index is 11.4. The fourth-order valence-corrected chi connectivity index (χ4v) is 3.12. The van der Waals surface area contributed by atoms with Crippen LogP contribution in [0.2, 0.25) is 0 Å². The fraction of sp³-hybridized carbons (Fsp3) is 0.556. The number of piperidine rings is 1. The van der Waals surface area contributed by atoms with Crippen LogP contribution in [-0.4, -0.2) is 54.6 Å². The normalized spacial score (nSPS) is 18.8. The van der Waals surface area contributed by atoms with Gasteiger partial charge >= 0.3 is 6.09 Å². The van der Waals surface area contributed by atoms with Crippen LogP contribution in [0.1, 0.15) is 31.2 Å². The van der Waals surface area contributed by atoms with Crippen LogP contribution in [0.25, 0.3) is 0 Å². The van der Waals surface area contributed by atoms with Gasteiger partial charge in [-0.05, 0) is 50.0 Å². The molecule has 2 amide bonds. The molecule has 24 heavy (non-hydrogen) atoms. The molecule has 2 heterocycles. The van der Waals surface area contributed by atoms with Crippen molar-refractivity contribution in [3.63, 3.8) is 0 Å². The molecule has 2 aliphatic heterocycles. The zero-order valence-electron chi connectivity index (χ0n) is 13.9. The Morgan fingerprint density at radius 3 is 2.71 bits per heavy atom. The second kappa shape index (κ2) is 8.15. The number of hydrogen-bond acceptors (Lipinski definition) is 5. The Morgan fingerprint density at radius 1 is 1.12 bits per heavy atom. The molecule has 0 aliphatic carbocycles. The predicted octanol–water partition coefficient (Wildman–Crippen LogP) is 2.42. The lowest BCUT2D eigenvalue weighted by Crippen LogP contribution is -2.30. The minimum atomic E-state index is -0.552. The molecule has 1 aromatic rings. The molecule has 130 valence electrons. The van der Waals surface area contributed by atoms with Gasteiger partial charge in [-0.2, -0.15) is 0 Å². The first-order valence-corrected chi connectivity index (χ1v) is 8.63. The van der Waals surface area contributed by atoms with Crippen LogP contribution < -0.4 is 4.74 Å². The van der Waals surface area contributed by atoms with Gasteiger partial charge in [0, 0.05) is 13.1 Å². The number of likely N-dealkylation sites (tertiary alicyclic amines) is 1. The topological polar surface area (TPSA) is 59.1 Å². The fourth-order valence-electron chi connectivity index (χ4n) is 3.12. The number of imide groups is 1. The standard InChI is InChI=1S/C18H24N2O4/c21-17-14-24-18(22)20(17)10-5-11-23-16-7-4-6-15(12-16)13-19-8-2-1-3-9-19/h4,6-7,12H,1-3,5,8-11,13-14H2. The van der Waals surface area contributed by atoms with E-state index in [1.54, 1.807) is 0 Å². The summed E-state index contributed by atoms with van der Waals surface area (Å²) in [5.74, 6) is 0.559. The first kappa shape index (κ1) is 16.8. The van der Waals surface area contributed by atoms with Gasteiger partial charge in [0.25, 0.3) is 5.91 Å². The molecule has 0 aromatic heterocycles. The van der Waals surface area contributed by atoms with Gasteiger partial charge in [0.1, 0.15) is 5.75 Å². The van der Waals surface area contributed by atoms with Gasteiger partial charge in [0.05, 0.1) is 6.61 Å². The van der Waals surface area contributed by atoms with E-state index >= 15 is 0 Å². The van der Waals surface area contributed by atoms with E-state index in [9.17, 15) is 9.59 Å². The lowest BCUT2D eigenvalue weighted by atomic mass is 10.1. The number of amides is 2. The third kappa shape index (κ3) is 4.47. The Bertz CT molecular complexity index is 568. The number of nitrogens with zero attached hydrogens (tertiary/aromatic N) is 2. The summed E-state index contributed by atoms with van der Waals surface area (Å²) in [6, 6.07) is 8.15. The summed E-state index contributed by atoms with van der Waals surface area (Å²) in [6.45, 7) is 3.97. The highest BCUT2D eigenvalue weighted by Crippen LogP contribution is 2.18. The molecule has 0 spiro atoms. The van der Waals surface area contributed by atoms with Gasteiger partial charge in [-0.15, -0.1) is 0 Å². The summed E-state index contributed by atoms with van der Waals surface area (Å²) in [7, 11) is 0. The molecule has 2 fully saturated rings. The van der Waals surface area contributed by atoms with Gasteiger partial charge in [-0.3, -0.25) is 9.69 Å². The van der Waals surface area contributed by atoms with Crippen LogP contribution in [0.15, 0.2) is 24.3 Å². The van der Waals surface area contributed by atoms with Gasteiger partial charge in [0.15, 0.2) is 6.61 Å². The number of carbonyl (C=O) groups is 2. The molecule has 0 N–H and O–H groups in total. The van der Waals surface area contributed by atoms with Crippen molar-refractivity contribution in [1.29, 1.82) is 0 Å². The molecule has 2 aliphatic rings. The number of cyclic esters (lactones) is 1. The molecule has 6 heteroatoms. The van der Waals surface area contributed by atoms with Crippen molar-refractivity contribution >= 4 is 12.0 Å². The predicted molar refractivity (Wildman–Crippen MR) is 88.7 cm³/mol. The summed E-state index contributed by atoms with van der Waals surface area (Å²) in [6.07, 6.45) is 3.95. The lowest BCUT2D eigenvalue weighted by Gasteiger charge is -2.26. The number of ether oxygens (including phenoxy) is 2. The van der Waals surface area contributed by atoms with E-state index in [2.05, 4.69) is 21.8 Å². The van der Waals surface area contributed by atoms with Crippen molar-refractivity contribution in [2.45, 2.75) is 32.2 Å². The van der Waals surface area contributed by atoms with E-state index < -0.39 is 6.09 Å². The summed E-state index contributed by atoms with van der Waals surface area (Å²) >= 11 is 0. The van der Waals surface area contributed by atoms with E-state index in [1.807, 2.05) is 12.1 Å². The molecule has 0 saturated carbocycles. The smallest absolute Gasteiger partial charge is 0.417 e. The van der Waals surface area contributed by atoms with Crippen LogP contribution >= 0.6 is 0 Å². The first-order valence-electron chi connectivity index (χ1n) is 8.63. The van der Waals surface area contributed by atoms with E-state index in [1.165, 1.54) is 37.9 Å². The average Bonchev–Trinajstić information content (AvgIpc) is 2.91. The van der Waals surface area contributed by atoms with Crippen LogP contribution in [-0.2, 0) is 16.1 Å². The number of benzene rings is 1. The maximum Gasteiger partial charge on any atom is 0.417 e. The minimum Gasteiger partial charge on any atom is -0.494 e. The molecule has 2 saturated heterocycles. The van der Waals surface area contributed by atoms with E-state index in [4.69, 9.17) is 4.74 Å². The van der Waals surface area contributed by atoms with Gasteiger partial charge in [0.2, 0.25) is 0 Å². The minimum absolute atomic E-state index is 0.141. The highest BCUT2D eigenvalue weighted by molar-refractivity contribution is 5.97. The van der Waals surface area contributed by atoms with Gasteiger partial charge < -0.3 is 9.47 Å². The summed E-state index contributed by atoms with van der Waals surface area (Å²) in [4.78, 5) is 26.4. The maximum absolute atomic E-state index is 11.4. The molecule has 0 unspecified atom stereocenters. The van der Waals surface area contributed by atoms with Crippen molar-refractivity contribution in [3.05, 3.63) is 29.8 Å². The average molecular weight is 332 g/mol. The zero-order valence-corrected chi connectivity index (χ0v) is 13.9. The monoisotopic (exact) mass is 332 g/mol. The Balaban J connectivity index is 1.42. The highest BCUT2D eigenvalue weighted by atomic mass is 16.6. The Morgan fingerprint density at radius 2 is 1.96 bits per heavy atom. The molecular weight excluding hydrogens is 308 g/mol. The van der Waals surface area contributed by atoms with Crippen LogP contribution in [0.4, 0.5) is 4.79 Å². The van der Waals surface area contributed by atoms with E-state index in [-0.39, 0.29) is 12.5 Å². The second-order valence-electron chi connectivity index (χ2n) is 6.29. The third-order valence-corrected chi connectivity index (χ3v) is 4.39. The lowest BCUT2D eigenvalue weighted by molar-refractivity contribution is -0.126. The van der Waals surface area contributed by atoms with Crippen LogP contribution in [0.3, 0.4) is 0 Å². The summed E-state index contributed by atoms with van der Waals surface area (Å²) < 4.78 is 10.4. The number of rotatable bonds is 7. The molecule has 3 rings (SSSR count). The molecule has 0 bridgehead atoms. The Hall–Kier alpha value is -2.08. The largest absolute Gasteiger partial charge is 0.494 e. The van der Waals surface area contributed by atoms with Crippen molar-refractivity contribution < 1.29 is 19.1 Å². The molecule has 1 aromatic carbocycles. The highest BCUT2D eigenvalue weighted by Gasteiger charge is 2.30. The molecular formula is C18H24N2O4. The molecule has 0 radical (unpaired) electrons. The molecule has 6 nitrogen and oxygen atoms in total. The van der Waals surface area contributed by atoms with E-state index in [0.29, 0.717) is 19.6 Å².